The number of benzene rings is 1. The van der Waals surface area contributed by atoms with Crippen molar-refractivity contribution < 1.29 is 19.2 Å². The lowest BCUT2D eigenvalue weighted by atomic mass is 9.96. The van der Waals surface area contributed by atoms with Crippen LogP contribution < -0.4 is 10.1 Å². The third-order valence-corrected chi connectivity index (χ3v) is 6.69. The first kappa shape index (κ1) is 23.9. The van der Waals surface area contributed by atoms with Crippen LogP contribution in [0, 0.1) is 6.92 Å². The van der Waals surface area contributed by atoms with Crippen LogP contribution in [0.3, 0.4) is 0 Å². The van der Waals surface area contributed by atoms with Crippen molar-refractivity contribution in [1.29, 1.82) is 0 Å². The molecule has 3 aromatic heterocycles. The zero-order valence-electron chi connectivity index (χ0n) is 20.5. The number of nitrogens with one attached hydrogen (secondary N) is 1. The fraction of sp³-hybridized carbons (Fsp3) is 0.400. The Hall–Kier alpha value is -3.83. The van der Waals surface area contributed by atoms with E-state index in [1.165, 1.54) is 13.3 Å². The third kappa shape index (κ3) is 4.79. The first-order valence-electron chi connectivity index (χ1n) is 11.9. The Morgan fingerprint density at radius 3 is 2.81 bits per heavy atom. The van der Waals surface area contributed by atoms with E-state index in [0.29, 0.717) is 30.6 Å². The summed E-state index contributed by atoms with van der Waals surface area (Å²) in [5, 5.41) is 23.1. The lowest BCUT2D eigenvalue weighted by Gasteiger charge is -2.33. The van der Waals surface area contributed by atoms with E-state index in [2.05, 4.69) is 25.5 Å². The van der Waals surface area contributed by atoms with Crippen molar-refractivity contribution >= 4 is 16.8 Å². The van der Waals surface area contributed by atoms with Gasteiger partial charge in [-0.05, 0) is 38.0 Å². The number of piperidine rings is 1. The zero-order valence-corrected chi connectivity index (χ0v) is 20.5. The number of ether oxygens (including phenoxy) is 1. The molecule has 11 nitrogen and oxygen atoms in total. The second-order valence-electron chi connectivity index (χ2n) is 8.98. The van der Waals surface area contributed by atoms with E-state index in [9.17, 15) is 9.90 Å². The average molecular weight is 492 g/mol. The maximum absolute atomic E-state index is 12.3. The maximum atomic E-state index is 12.3. The van der Waals surface area contributed by atoms with E-state index in [1.54, 1.807) is 12.1 Å². The van der Waals surface area contributed by atoms with E-state index in [0.717, 1.165) is 35.0 Å². The fourth-order valence-corrected chi connectivity index (χ4v) is 4.58. The quantitative estimate of drug-likeness (QED) is 0.400. The SMILES string of the molecule is COc1ccc(C(=O)NCC(O)N2CCC(c3nc(-c4ccc5c(C)nn(C)c5c4)no3)CC2)nc1. The molecule has 0 radical (unpaired) electrons. The molecule has 1 saturated heterocycles. The summed E-state index contributed by atoms with van der Waals surface area (Å²) < 4.78 is 12.5. The average Bonchev–Trinajstić information content (AvgIpc) is 3.52. The number of carbonyl (C=O) groups excluding carboxylic acids is 1. The highest BCUT2D eigenvalue weighted by atomic mass is 16.5. The molecule has 0 bridgehead atoms. The molecule has 1 aliphatic rings. The molecule has 1 unspecified atom stereocenters. The summed E-state index contributed by atoms with van der Waals surface area (Å²) >= 11 is 0. The van der Waals surface area contributed by atoms with E-state index >= 15 is 0 Å². The Bertz CT molecular complexity index is 1360. The van der Waals surface area contributed by atoms with E-state index in [4.69, 9.17) is 9.26 Å². The number of fused-ring (bicyclic) bond motifs is 1. The third-order valence-electron chi connectivity index (χ3n) is 6.69. The molecular formula is C25H29N7O4. The molecule has 4 aromatic rings. The second kappa shape index (κ2) is 10.0. The summed E-state index contributed by atoms with van der Waals surface area (Å²) in [6.45, 7) is 3.41. The monoisotopic (exact) mass is 491 g/mol. The number of carbonyl (C=O) groups is 1. The molecule has 11 heteroatoms. The van der Waals surface area contributed by atoms with Crippen LogP contribution in [0.5, 0.6) is 5.75 Å². The first-order valence-corrected chi connectivity index (χ1v) is 11.9. The van der Waals surface area contributed by atoms with E-state index in [1.807, 2.05) is 41.8 Å². The van der Waals surface area contributed by atoms with Gasteiger partial charge in [-0.2, -0.15) is 10.1 Å². The highest BCUT2D eigenvalue weighted by Crippen LogP contribution is 2.30. The molecule has 1 atom stereocenters. The van der Waals surface area contributed by atoms with Crippen molar-refractivity contribution in [1.82, 2.24) is 35.1 Å². The van der Waals surface area contributed by atoms with Gasteiger partial charge in [0, 0.05) is 37.0 Å². The number of aryl methyl sites for hydroxylation is 2. The summed E-state index contributed by atoms with van der Waals surface area (Å²) in [6.07, 6.45) is 2.23. The number of aliphatic hydroxyl groups excluding tert-OH is 1. The first-order chi connectivity index (χ1) is 17.4. The van der Waals surface area contributed by atoms with Gasteiger partial charge in [0.2, 0.25) is 11.7 Å². The van der Waals surface area contributed by atoms with Crippen LogP contribution in [0.1, 0.15) is 40.8 Å². The molecule has 1 fully saturated rings. The molecule has 36 heavy (non-hydrogen) atoms. The Balaban J connectivity index is 1.15. The van der Waals surface area contributed by atoms with Crippen molar-refractivity contribution in [2.75, 3.05) is 26.7 Å². The van der Waals surface area contributed by atoms with Crippen LogP contribution in [0.25, 0.3) is 22.3 Å². The minimum atomic E-state index is -0.791. The van der Waals surface area contributed by atoms with Gasteiger partial charge in [-0.25, -0.2) is 4.98 Å². The Morgan fingerprint density at radius 1 is 1.28 bits per heavy atom. The molecule has 1 amide bonds. The number of nitrogens with zero attached hydrogens (tertiary/aromatic N) is 6. The van der Waals surface area contributed by atoms with Gasteiger partial charge in [0.25, 0.3) is 5.91 Å². The number of likely N-dealkylation sites (tertiary alicyclic amines) is 1. The minimum Gasteiger partial charge on any atom is -0.495 e. The van der Waals surface area contributed by atoms with Crippen molar-refractivity contribution in [3.05, 3.63) is 53.8 Å². The Kier molecular flexibility index (Phi) is 6.66. The predicted octanol–water partition coefficient (Wildman–Crippen LogP) is 2.26. The summed E-state index contributed by atoms with van der Waals surface area (Å²) in [6, 6.07) is 9.30. The van der Waals surface area contributed by atoms with Gasteiger partial charge in [-0.1, -0.05) is 17.3 Å². The van der Waals surface area contributed by atoms with Crippen molar-refractivity contribution in [3.63, 3.8) is 0 Å². The lowest BCUT2D eigenvalue weighted by Crippen LogP contribution is -2.47. The van der Waals surface area contributed by atoms with Gasteiger partial charge >= 0.3 is 0 Å². The van der Waals surface area contributed by atoms with Crippen LogP contribution in [0.15, 0.2) is 41.1 Å². The van der Waals surface area contributed by atoms with Crippen LogP contribution >= 0.6 is 0 Å². The van der Waals surface area contributed by atoms with E-state index < -0.39 is 6.23 Å². The topological polar surface area (TPSA) is 131 Å². The smallest absolute Gasteiger partial charge is 0.270 e. The van der Waals surface area contributed by atoms with Gasteiger partial charge in [0.1, 0.15) is 17.7 Å². The van der Waals surface area contributed by atoms with Crippen LogP contribution in [-0.2, 0) is 7.05 Å². The zero-order chi connectivity index (χ0) is 25.2. The Morgan fingerprint density at radius 2 is 2.08 bits per heavy atom. The van der Waals surface area contributed by atoms with Gasteiger partial charge in [-0.15, -0.1) is 0 Å². The number of methoxy groups -OCH3 is 1. The molecule has 188 valence electrons. The van der Waals surface area contributed by atoms with Gasteiger partial charge in [0.05, 0.1) is 31.1 Å². The number of pyridine rings is 1. The molecule has 1 aromatic carbocycles. The van der Waals surface area contributed by atoms with Crippen molar-refractivity contribution in [2.45, 2.75) is 31.9 Å². The van der Waals surface area contributed by atoms with E-state index in [-0.39, 0.29) is 24.1 Å². The van der Waals surface area contributed by atoms with Crippen LogP contribution in [-0.4, -0.2) is 73.8 Å². The second-order valence-corrected chi connectivity index (χ2v) is 8.98. The lowest BCUT2D eigenvalue weighted by molar-refractivity contribution is -0.0108. The van der Waals surface area contributed by atoms with Gasteiger partial charge in [0.15, 0.2) is 0 Å². The number of amides is 1. The number of hydrogen-bond donors (Lipinski definition) is 2. The standard InChI is InChI=1S/C25H29N7O4/c1-15-19-6-4-17(12-21(19)31(2)29-15)23-28-25(36-30-23)16-8-10-32(11-9-16)22(33)14-27-24(34)20-7-5-18(35-3)13-26-20/h4-7,12-13,16,22,33H,8-11,14H2,1-3H3,(H,27,34). The summed E-state index contributed by atoms with van der Waals surface area (Å²) in [5.41, 5.74) is 3.16. The molecular weight excluding hydrogens is 462 g/mol. The number of rotatable bonds is 7. The number of aliphatic hydroxyl groups is 1. The summed E-state index contributed by atoms with van der Waals surface area (Å²) in [7, 11) is 3.46. The van der Waals surface area contributed by atoms with Crippen LogP contribution in [0.4, 0.5) is 0 Å². The van der Waals surface area contributed by atoms with Gasteiger partial charge in [-0.3, -0.25) is 14.4 Å². The largest absolute Gasteiger partial charge is 0.495 e. The highest BCUT2D eigenvalue weighted by Gasteiger charge is 2.28. The molecule has 0 saturated carbocycles. The number of hydrogen-bond acceptors (Lipinski definition) is 9. The molecule has 1 aliphatic heterocycles. The molecule has 4 heterocycles. The molecule has 0 aliphatic carbocycles. The normalized spacial score (nSPS) is 15.8. The summed E-state index contributed by atoms with van der Waals surface area (Å²) in [5.74, 6) is 1.52. The highest BCUT2D eigenvalue weighted by molar-refractivity contribution is 5.92. The fourth-order valence-electron chi connectivity index (χ4n) is 4.58. The van der Waals surface area contributed by atoms with Crippen molar-refractivity contribution in [2.24, 2.45) is 7.05 Å². The maximum Gasteiger partial charge on any atom is 0.270 e. The van der Waals surface area contributed by atoms with Gasteiger partial charge < -0.3 is 19.7 Å². The molecule has 2 N–H and O–H groups in total. The number of aromatic nitrogens is 5. The molecule has 5 rings (SSSR count). The minimum absolute atomic E-state index is 0.109. The summed E-state index contributed by atoms with van der Waals surface area (Å²) in [4.78, 5) is 23.0. The predicted molar refractivity (Wildman–Crippen MR) is 131 cm³/mol. The molecule has 0 spiro atoms. The van der Waals surface area contributed by atoms with Crippen molar-refractivity contribution in [3.8, 4) is 17.1 Å². The van der Waals surface area contributed by atoms with Crippen LogP contribution in [0.2, 0.25) is 0 Å². The Labute approximate surface area is 208 Å².